The minimum absolute atomic E-state index is 0.0682. The highest BCUT2D eigenvalue weighted by Crippen LogP contribution is 2.75. The summed E-state index contributed by atoms with van der Waals surface area (Å²) < 4.78 is 16.3. The predicted molar refractivity (Wildman–Crippen MR) is 194 cm³/mol. The maximum atomic E-state index is 13.8. The van der Waals surface area contributed by atoms with Gasteiger partial charge in [0.1, 0.15) is 11.8 Å². The number of nitriles is 1. The third kappa shape index (κ3) is 5.87. The summed E-state index contributed by atoms with van der Waals surface area (Å²) in [4.78, 5) is 39.0. The number of fused-ring (bicyclic) bond motifs is 7. The van der Waals surface area contributed by atoms with Gasteiger partial charge in [-0.3, -0.25) is 9.59 Å². The Bertz CT molecular complexity index is 1860. The van der Waals surface area contributed by atoms with Crippen molar-refractivity contribution in [2.45, 2.75) is 92.9 Å². The normalized spacial score (nSPS) is 34.3. The summed E-state index contributed by atoms with van der Waals surface area (Å²) in [5.41, 5.74) is 3.77. The molecule has 0 unspecified atom stereocenters. The van der Waals surface area contributed by atoms with Gasteiger partial charge in [-0.2, -0.15) is 5.26 Å². The van der Waals surface area contributed by atoms with E-state index in [0.717, 1.165) is 56.1 Å². The lowest BCUT2D eigenvalue weighted by atomic mass is 9.34. The van der Waals surface area contributed by atoms with Crippen LogP contribution in [0.3, 0.4) is 0 Å². The molecule has 0 bridgehead atoms. The first-order valence-corrected chi connectivity index (χ1v) is 18.3. The first kappa shape index (κ1) is 36.4. The molecule has 6 atom stereocenters. The number of aliphatic hydroxyl groups is 1. The second kappa shape index (κ2) is 13.0. The van der Waals surface area contributed by atoms with Crippen molar-refractivity contribution in [3.05, 3.63) is 82.2 Å². The van der Waals surface area contributed by atoms with Gasteiger partial charge in [0, 0.05) is 23.5 Å². The lowest BCUT2D eigenvalue weighted by Gasteiger charge is -2.70. The number of benzene rings is 1. The SMILES string of the molecule is COc1ccc(/C(C#N)=C/C(=O)OCCCOC(=O)[C@]2(C)CC[C@]3(C)CC[C@]4(C)C5=CC=C6C(=CC(=O)C(O)=C6C)[C@]5(C)CC[C@@]4(C)[C@@H]3C2)cc1. The molecule has 5 aliphatic carbocycles. The fraction of sp³-hybridized carbons (Fsp3) is 0.535. The average molecular weight is 694 g/mol. The van der Waals surface area contributed by atoms with Gasteiger partial charge >= 0.3 is 11.9 Å². The van der Waals surface area contributed by atoms with Gasteiger partial charge < -0.3 is 19.3 Å². The van der Waals surface area contributed by atoms with Crippen LogP contribution in [0.25, 0.3) is 5.57 Å². The molecule has 0 saturated heterocycles. The van der Waals surface area contributed by atoms with Gasteiger partial charge in [0.2, 0.25) is 5.78 Å². The molecule has 0 amide bonds. The van der Waals surface area contributed by atoms with Crippen LogP contribution in [0.2, 0.25) is 0 Å². The van der Waals surface area contributed by atoms with Crippen LogP contribution in [0.1, 0.15) is 98.5 Å². The highest BCUT2D eigenvalue weighted by Gasteiger charge is 2.67. The van der Waals surface area contributed by atoms with Gasteiger partial charge in [0.15, 0.2) is 5.76 Å². The fourth-order valence-corrected chi connectivity index (χ4v) is 10.3. The third-order valence-corrected chi connectivity index (χ3v) is 13.9. The van der Waals surface area contributed by atoms with Crippen molar-refractivity contribution in [2.24, 2.45) is 33.0 Å². The number of carbonyl (C=O) groups is 3. The van der Waals surface area contributed by atoms with Crippen molar-refractivity contribution >= 4 is 23.3 Å². The van der Waals surface area contributed by atoms with E-state index < -0.39 is 11.4 Å². The molecule has 8 heteroatoms. The quantitative estimate of drug-likeness (QED) is 0.124. The summed E-state index contributed by atoms with van der Waals surface area (Å²) in [6.45, 7) is 13.6. The molecule has 270 valence electrons. The number of methoxy groups -OCH3 is 1. The van der Waals surface area contributed by atoms with Crippen LogP contribution in [0.15, 0.2) is 76.6 Å². The van der Waals surface area contributed by atoms with Gasteiger partial charge in [-0.05, 0) is 128 Å². The van der Waals surface area contributed by atoms with Crippen LogP contribution in [0.5, 0.6) is 5.75 Å². The van der Waals surface area contributed by atoms with Gasteiger partial charge in [0.25, 0.3) is 0 Å². The second-order valence-electron chi connectivity index (χ2n) is 16.7. The highest BCUT2D eigenvalue weighted by molar-refractivity contribution is 6.06. The van der Waals surface area contributed by atoms with E-state index >= 15 is 0 Å². The molecule has 0 aliphatic heterocycles. The van der Waals surface area contributed by atoms with Crippen LogP contribution < -0.4 is 4.74 Å². The largest absolute Gasteiger partial charge is 0.504 e. The number of allylic oxidation sites excluding steroid dienone is 8. The molecule has 3 fully saturated rings. The molecule has 0 radical (unpaired) electrons. The maximum absolute atomic E-state index is 13.8. The number of carbonyl (C=O) groups excluding carboxylic acids is 3. The Morgan fingerprint density at radius 2 is 1.65 bits per heavy atom. The monoisotopic (exact) mass is 693 g/mol. The first-order chi connectivity index (χ1) is 24.0. The van der Waals surface area contributed by atoms with Crippen molar-refractivity contribution in [1.82, 2.24) is 0 Å². The number of esters is 2. The first-order valence-electron chi connectivity index (χ1n) is 18.3. The summed E-state index contributed by atoms with van der Waals surface area (Å²) in [7, 11) is 1.56. The van der Waals surface area contributed by atoms with Gasteiger partial charge in [0.05, 0.1) is 31.3 Å². The molecule has 0 aromatic heterocycles. The van der Waals surface area contributed by atoms with E-state index in [1.165, 1.54) is 11.6 Å². The number of hydrogen-bond donors (Lipinski definition) is 1. The molecule has 6 rings (SSSR count). The Hall–Kier alpha value is -4.38. The second-order valence-corrected chi connectivity index (χ2v) is 16.7. The maximum Gasteiger partial charge on any atom is 0.332 e. The molecular formula is C43H51NO7. The number of hydrogen-bond acceptors (Lipinski definition) is 8. The van der Waals surface area contributed by atoms with Crippen molar-refractivity contribution in [2.75, 3.05) is 20.3 Å². The fourth-order valence-electron chi connectivity index (χ4n) is 10.3. The number of aliphatic hydroxyl groups excluding tert-OH is 1. The number of nitrogens with zero attached hydrogens (tertiary/aromatic N) is 1. The summed E-state index contributed by atoms with van der Waals surface area (Å²) in [5, 5.41) is 20.0. The van der Waals surface area contributed by atoms with Gasteiger partial charge in [-0.25, -0.2) is 4.79 Å². The zero-order valence-corrected chi connectivity index (χ0v) is 31.1. The van der Waals surface area contributed by atoms with E-state index in [1.54, 1.807) is 37.5 Å². The van der Waals surface area contributed by atoms with E-state index in [9.17, 15) is 24.8 Å². The number of rotatable bonds is 8. The van der Waals surface area contributed by atoms with Gasteiger partial charge in [-0.1, -0.05) is 45.4 Å². The third-order valence-electron chi connectivity index (χ3n) is 13.9. The lowest BCUT2D eigenvalue weighted by Crippen LogP contribution is -2.62. The smallest absolute Gasteiger partial charge is 0.332 e. The number of ether oxygens (including phenoxy) is 3. The molecule has 8 nitrogen and oxygen atoms in total. The van der Waals surface area contributed by atoms with Crippen LogP contribution in [-0.2, 0) is 23.9 Å². The zero-order chi connectivity index (χ0) is 37.0. The highest BCUT2D eigenvalue weighted by atomic mass is 16.5. The van der Waals surface area contributed by atoms with Crippen LogP contribution in [-0.4, -0.2) is 43.2 Å². The van der Waals surface area contributed by atoms with Crippen LogP contribution in [0.4, 0.5) is 0 Å². The molecular weight excluding hydrogens is 642 g/mol. The van der Waals surface area contributed by atoms with Crippen LogP contribution in [0, 0.1) is 44.3 Å². The molecule has 0 heterocycles. The molecule has 1 aromatic carbocycles. The van der Waals surface area contributed by atoms with E-state index in [4.69, 9.17) is 14.2 Å². The summed E-state index contributed by atoms with van der Waals surface area (Å²) in [6.07, 6.45) is 14.0. The molecule has 3 saturated carbocycles. The Labute approximate surface area is 301 Å². The topological polar surface area (TPSA) is 123 Å². The van der Waals surface area contributed by atoms with Crippen molar-refractivity contribution in [3.63, 3.8) is 0 Å². The summed E-state index contributed by atoms with van der Waals surface area (Å²) in [6, 6.07) is 8.89. The van der Waals surface area contributed by atoms with E-state index in [1.807, 2.05) is 13.0 Å². The van der Waals surface area contributed by atoms with Crippen molar-refractivity contribution in [1.29, 1.82) is 5.26 Å². The summed E-state index contributed by atoms with van der Waals surface area (Å²) >= 11 is 0. The molecule has 1 aromatic rings. The molecule has 1 N–H and O–H groups in total. The van der Waals surface area contributed by atoms with E-state index in [-0.39, 0.29) is 58.0 Å². The minimum Gasteiger partial charge on any atom is -0.504 e. The Morgan fingerprint density at radius 3 is 2.33 bits per heavy atom. The number of ketones is 1. The minimum atomic E-state index is -0.628. The molecule has 0 spiro atoms. The van der Waals surface area contributed by atoms with Crippen molar-refractivity contribution in [3.8, 4) is 11.8 Å². The van der Waals surface area contributed by atoms with Gasteiger partial charge in [-0.15, -0.1) is 0 Å². The van der Waals surface area contributed by atoms with Crippen LogP contribution >= 0.6 is 0 Å². The molecule has 51 heavy (non-hydrogen) atoms. The zero-order valence-electron chi connectivity index (χ0n) is 31.1. The average Bonchev–Trinajstić information content (AvgIpc) is 3.11. The standard InChI is InChI=1S/C43H51NO7/c1-27-31-13-14-34-41(4,32(31)24-33(45)37(27)47)18-20-43(6)35-25-40(3,16-15-39(35,2)17-19-42(34,43)5)38(48)51-22-8-21-50-36(46)23-29(26-44)28-9-11-30(49-7)12-10-28/h9-14,23-24,35,47H,8,15-22,25H2,1-7H3/b29-23+/t35-,39-,40-,41+,42-,43+/m1/s1. The Morgan fingerprint density at radius 1 is 0.961 bits per heavy atom. The van der Waals surface area contributed by atoms with Crippen molar-refractivity contribution < 1.29 is 33.7 Å². The lowest BCUT2D eigenvalue weighted by molar-refractivity contribution is -0.182. The molecule has 5 aliphatic rings. The Kier molecular flexibility index (Phi) is 9.27. The van der Waals surface area contributed by atoms with E-state index in [2.05, 4.69) is 46.8 Å². The van der Waals surface area contributed by atoms with E-state index in [0.29, 0.717) is 29.2 Å². The Balaban J connectivity index is 1.11. The summed E-state index contributed by atoms with van der Waals surface area (Å²) in [5.74, 6) is -0.348. The predicted octanol–water partition coefficient (Wildman–Crippen LogP) is 8.71.